The number of aryl methyl sites for hydroxylation is 2. The number of esters is 1. The molecule has 2 saturated heterocycles. The molecule has 9 unspecified atom stereocenters. The number of aliphatic hydroxyl groups is 5. The number of carbonyl (C=O) groups is 3. The second-order valence-corrected chi connectivity index (χ2v) is 19.8. The summed E-state index contributed by atoms with van der Waals surface area (Å²) in [4.78, 5) is 54.9. The number of fused-ring (bicyclic) bond motifs is 1. The molecular weight excluding hydrogens is 957 g/mol. The van der Waals surface area contributed by atoms with Crippen LogP contribution in [-0.2, 0) is 57.5 Å². The lowest BCUT2D eigenvalue weighted by atomic mass is 9.77. The minimum atomic E-state index is -1.72. The van der Waals surface area contributed by atoms with E-state index in [0.29, 0.717) is 25.1 Å². The number of nitro benzene ring substituents is 1. The third kappa shape index (κ3) is 12.9. The van der Waals surface area contributed by atoms with Crippen LogP contribution in [0.15, 0.2) is 60.9 Å². The van der Waals surface area contributed by atoms with Gasteiger partial charge in [-0.15, -0.1) is 5.10 Å². The van der Waals surface area contributed by atoms with E-state index in [4.69, 9.17) is 28.4 Å². The Morgan fingerprint density at radius 3 is 2.42 bits per heavy atom. The minimum Gasteiger partial charge on any atom is -0.479 e. The smallest absolute Gasteiger partial charge is 0.338 e. The summed E-state index contributed by atoms with van der Waals surface area (Å²) in [6.07, 6.45) is -9.52. The quantitative estimate of drug-likeness (QED) is 0.0358. The van der Waals surface area contributed by atoms with Crippen LogP contribution in [0.1, 0.15) is 93.3 Å². The number of ether oxygens (including phenoxy) is 6. The largest absolute Gasteiger partial charge is 0.479 e. The molecular formula is C50H66N6O17. The van der Waals surface area contributed by atoms with Crippen LogP contribution in [0.3, 0.4) is 0 Å². The standard InChI is InChI=1S/C50H66N6O17/c1-26-18-31(46(62)52-23-32-24-55(54-53-32)17-9-14-30-22-51-35-16-15-33(56(66)67)21-34(30)35)20-36(43(26)73-49-42(61)41(60)39(58)27(2)68-49)70-50-45(72-48(65)29-12-7-4-8-13-29)44(40(59)38(25-57)71-50)69-37(47(63)64)19-28-10-5-3-6-11-28/h4,7-8,12-13,15-16,21-22,24,26-28,31,36-45,49-51,57-61H,3,5-6,9-11,14,17-20,23,25H2,1-2H3,(H,52,62)(H,63,64)/t26?,27?,31?,36-,37+,38?,39-,40+,41?,42?,43?,44?,45?,49+,50-/m1/s1. The third-order valence-corrected chi connectivity index (χ3v) is 14.6. The van der Waals surface area contributed by atoms with Gasteiger partial charge in [-0.05, 0) is 74.6 Å². The van der Waals surface area contributed by atoms with E-state index in [1.54, 1.807) is 48.1 Å². The Balaban J connectivity index is 1.01. The second kappa shape index (κ2) is 24.3. The molecule has 23 heteroatoms. The minimum absolute atomic E-state index is 0.00235. The number of H-pyrrole nitrogens is 1. The fourth-order valence-electron chi connectivity index (χ4n) is 10.6. The van der Waals surface area contributed by atoms with Gasteiger partial charge in [0.25, 0.3) is 5.69 Å². The number of nitrogens with one attached hydrogen (secondary N) is 2. The molecule has 0 bridgehead atoms. The molecule has 2 aromatic heterocycles. The molecule has 2 aliphatic carbocycles. The van der Waals surface area contributed by atoms with E-state index >= 15 is 0 Å². The van der Waals surface area contributed by atoms with Gasteiger partial charge in [0.2, 0.25) is 5.91 Å². The number of carbonyl (C=O) groups excluding carboxylic acids is 2. The van der Waals surface area contributed by atoms with Crippen molar-refractivity contribution in [2.24, 2.45) is 17.8 Å². The number of amides is 1. The molecule has 8 rings (SSSR count). The number of aliphatic hydroxyl groups excluding tert-OH is 5. The molecule has 4 aromatic rings. The Hall–Kier alpha value is -5.47. The first-order chi connectivity index (χ1) is 35.1. The Bertz CT molecular complexity index is 2490. The van der Waals surface area contributed by atoms with Crippen molar-refractivity contribution in [2.75, 3.05) is 6.61 Å². The maximum absolute atomic E-state index is 14.1. The number of hydrogen-bond donors (Lipinski definition) is 8. The molecule has 0 spiro atoms. The van der Waals surface area contributed by atoms with Crippen LogP contribution in [0.5, 0.6) is 0 Å². The SMILES string of the molecule is CC1CC(C(=O)NCc2cn(CCCc3c[nH]c4ccc([N+](=O)[O-])cc34)nn2)C[C@@H](O[C@@H]2OC(CO)[C@H](O)C(O[C@@H](CC3CCCCC3)C(=O)O)C2OC(=O)c2ccccc2)C1O[C@@H]1OC(C)[C@@H](O)C(O)C1O. The fraction of sp³-hybridized carbons (Fsp3) is 0.620. The first-order valence-electron chi connectivity index (χ1n) is 25.1. The lowest BCUT2D eigenvalue weighted by Crippen LogP contribution is -2.64. The number of nitro groups is 1. The highest BCUT2D eigenvalue weighted by molar-refractivity contribution is 5.89. The summed E-state index contributed by atoms with van der Waals surface area (Å²) in [6.45, 7) is 2.97. The molecule has 15 atom stereocenters. The van der Waals surface area contributed by atoms with Crippen LogP contribution >= 0.6 is 0 Å². The number of aromatic nitrogens is 4. The van der Waals surface area contributed by atoms with Gasteiger partial charge >= 0.3 is 11.9 Å². The number of benzene rings is 2. The number of hydrogen-bond acceptors (Lipinski definition) is 18. The van der Waals surface area contributed by atoms with Crippen molar-refractivity contribution in [3.63, 3.8) is 0 Å². The van der Waals surface area contributed by atoms with Crippen molar-refractivity contribution in [2.45, 2.75) is 171 Å². The molecule has 2 aliphatic heterocycles. The maximum Gasteiger partial charge on any atom is 0.338 e. The molecule has 0 radical (unpaired) electrons. The Morgan fingerprint density at radius 1 is 0.932 bits per heavy atom. The van der Waals surface area contributed by atoms with Crippen molar-refractivity contribution < 1.29 is 78.4 Å². The summed E-state index contributed by atoms with van der Waals surface area (Å²) in [6, 6.07) is 12.6. The summed E-state index contributed by atoms with van der Waals surface area (Å²) in [7, 11) is 0. The first kappa shape index (κ1) is 53.8. The zero-order valence-corrected chi connectivity index (χ0v) is 40.7. The molecule has 1 amide bonds. The van der Waals surface area contributed by atoms with Gasteiger partial charge in [-0.1, -0.05) is 62.4 Å². The highest BCUT2D eigenvalue weighted by atomic mass is 16.7. The second-order valence-electron chi connectivity index (χ2n) is 19.8. The lowest BCUT2D eigenvalue weighted by Gasteiger charge is -2.48. The van der Waals surface area contributed by atoms with Crippen LogP contribution in [0.4, 0.5) is 5.69 Å². The first-order valence-corrected chi connectivity index (χ1v) is 25.1. The third-order valence-electron chi connectivity index (χ3n) is 14.6. The Kier molecular flexibility index (Phi) is 17.9. The van der Waals surface area contributed by atoms with Crippen LogP contribution in [0.25, 0.3) is 10.9 Å². The molecule has 2 aromatic carbocycles. The predicted octanol–water partition coefficient (Wildman–Crippen LogP) is 2.67. The molecule has 4 aliphatic rings. The Labute approximate surface area is 420 Å². The monoisotopic (exact) mass is 1020 g/mol. The molecule has 4 heterocycles. The summed E-state index contributed by atoms with van der Waals surface area (Å²) >= 11 is 0. The van der Waals surface area contributed by atoms with Gasteiger partial charge in [0, 0.05) is 41.7 Å². The van der Waals surface area contributed by atoms with Gasteiger partial charge in [0.15, 0.2) is 24.8 Å². The number of nitrogens with zero attached hydrogens (tertiary/aromatic N) is 4. The number of carboxylic acid groups (broad SMARTS) is 1. The van der Waals surface area contributed by atoms with E-state index in [1.165, 1.54) is 25.1 Å². The molecule has 4 fully saturated rings. The normalized spacial score (nSPS) is 31.4. The molecule has 23 nitrogen and oxygen atoms in total. The summed E-state index contributed by atoms with van der Waals surface area (Å²) in [5.41, 5.74) is 2.29. The van der Waals surface area contributed by atoms with Crippen molar-refractivity contribution in [1.82, 2.24) is 25.3 Å². The van der Waals surface area contributed by atoms with Gasteiger partial charge in [-0.25, -0.2) is 9.59 Å². The number of rotatable bonds is 20. The number of aliphatic carboxylic acids is 1. The summed E-state index contributed by atoms with van der Waals surface area (Å²) < 4.78 is 39.0. The van der Waals surface area contributed by atoms with E-state index < -0.39 is 121 Å². The van der Waals surface area contributed by atoms with Gasteiger partial charge in [0.05, 0.1) is 48.1 Å². The molecule has 398 valence electrons. The van der Waals surface area contributed by atoms with Crippen LogP contribution in [-0.4, -0.2) is 160 Å². The lowest BCUT2D eigenvalue weighted by molar-refractivity contribution is -0.384. The zero-order chi connectivity index (χ0) is 51.9. The summed E-state index contributed by atoms with van der Waals surface area (Å²) in [5.74, 6) is -3.87. The molecule has 8 N–H and O–H groups in total. The van der Waals surface area contributed by atoms with E-state index in [1.807, 2.05) is 6.20 Å². The Morgan fingerprint density at radius 2 is 1.70 bits per heavy atom. The average molecular weight is 1020 g/mol. The van der Waals surface area contributed by atoms with Gasteiger partial charge in [0.1, 0.15) is 42.3 Å². The van der Waals surface area contributed by atoms with Crippen molar-refractivity contribution in [1.29, 1.82) is 0 Å². The fourth-order valence-corrected chi connectivity index (χ4v) is 10.6. The molecule has 2 saturated carbocycles. The van der Waals surface area contributed by atoms with Crippen molar-refractivity contribution in [3.05, 3.63) is 87.9 Å². The van der Waals surface area contributed by atoms with E-state index in [9.17, 15) is 55.1 Å². The van der Waals surface area contributed by atoms with E-state index in [2.05, 4.69) is 20.6 Å². The van der Waals surface area contributed by atoms with E-state index in [0.717, 1.165) is 48.6 Å². The van der Waals surface area contributed by atoms with Gasteiger partial charge < -0.3 is 69.4 Å². The number of carboxylic acids is 1. The predicted molar refractivity (Wildman–Crippen MR) is 254 cm³/mol. The number of aromatic amines is 1. The van der Waals surface area contributed by atoms with Gasteiger partial charge in [-0.2, -0.15) is 0 Å². The van der Waals surface area contributed by atoms with Gasteiger partial charge in [-0.3, -0.25) is 19.6 Å². The number of non-ortho nitro benzene ring substituents is 1. The van der Waals surface area contributed by atoms with Crippen molar-refractivity contribution in [3.8, 4) is 0 Å². The maximum atomic E-state index is 14.1. The highest BCUT2D eigenvalue weighted by Gasteiger charge is 2.54. The average Bonchev–Trinajstić information content (AvgIpc) is 4.03. The highest BCUT2D eigenvalue weighted by Crippen LogP contribution is 2.39. The van der Waals surface area contributed by atoms with E-state index in [-0.39, 0.29) is 43.0 Å². The zero-order valence-electron chi connectivity index (χ0n) is 40.7. The van der Waals surface area contributed by atoms with Crippen LogP contribution < -0.4 is 5.32 Å². The topological polar surface area (TPSA) is 330 Å². The van der Waals surface area contributed by atoms with Crippen LogP contribution in [0, 0.1) is 27.9 Å². The van der Waals surface area contributed by atoms with Crippen LogP contribution in [0.2, 0.25) is 0 Å². The molecule has 73 heavy (non-hydrogen) atoms. The summed E-state index contributed by atoms with van der Waals surface area (Å²) in [5, 5.41) is 88.4. The van der Waals surface area contributed by atoms with Crippen molar-refractivity contribution >= 4 is 34.4 Å².